The lowest BCUT2D eigenvalue weighted by molar-refractivity contribution is -0.127. The van der Waals surface area contributed by atoms with Crippen molar-refractivity contribution in [2.24, 2.45) is 5.14 Å². The normalized spacial score (nSPS) is 19.6. The van der Waals surface area contributed by atoms with Crippen molar-refractivity contribution in [2.75, 3.05) is 23.4 Å². The molecular formula is C16H17N3O7S3. The second-order valence-corrected chi connectivity index (χ2v) is 11.3. The number of anilines is 1. The Balaban J connectivity index is 1.66. The minimum Gasteiger partial charge on any atom is -0.325 e. The Hall–Kier alpha value is -2.22. The maximum Gasteiger partial charge on any atom is 0.294 e. The third-order valence-corrected chi connectivity index (χ3v) is 8.01. The van der Waals surface area contributed by atoms with Crippen LogP contribution in [0.2, 0.25) is 0 Å². The van der Waals surface area contributed by atoms with E-state index in [4.69, 9.17) is 5.14 Å². The molecular weight excluding hydrogens is 442 g/mol. The number of hydrogen-bond acceptors (Lipinski definition) is 8. The molecule has 0 aliphatic carbocycles. The number of hydrogen-bond donors (Lipinski definition) is 2. The minimum atomic E-state index is -3.86. The predicted molar refractivity (Wildman–Crippen MR) is 106 cm³/mol. The number of benzene rings is 1. The van der Waals surface area contributed by atoms with E-state index in [-0.39, 0.29) is 39.8 Å². The zero-order valence-electron chi connectivity index (χ0n) is 15.0. The van der Waals surface area contributed by atoms with Crippen LogP contribution in [-0.4, -0.2) is 56.8 Å². The predicted octanol–water partition coefficient (Wildman–Crippen LogP) is 0.431. The van der Waals surface area contributed by atoms with E-state index in [0.29, 0.717) is 17.3 Å². The molecule has 156 valence electrons. The maximum absolute atomic E-state index is 12.5. The molecule has 1 aromatic rings. The lowest BCUT2D eigenvalue weighted by atomic mass is 10.1. The van der Waals surface area contributed by atoms with Gasteiger partial charge in [0.05, 0.1) is 21.3 Å². The Bertz CT molecular complexity index is 1110. The van der Waals surface area contributed by atoms with E-state index >= 15 is 0 Å². The molecule has 2 heterocycles. The molecule has 13 heteroatoms. The van der Waals surface area contributed by atoms with Gasteiger partial charge in [-0.15, -0.1) is 0 Å². The van der Waals surface area contributed by atoms with Gasteiger partial charge in [-0.2, -0.15) is 0 Å². The molecule has 2 aliphatic heterocycles. The summed E-state index contributed by atoms with van der Waals surface area (Å²) in [5, 5.41) is 6.86. The largest absolute Gasteiger partial charge is 0.325 e. The molecule has 0 unspecified atom stereocenters. The number of thioether (sulfide) groups is 1. The fourth-order valence-electron chi connectivity index (χ4n) is 2.83. The van der Waals surface area contributed by atoms with Crippen LogP contribution in [0.3, 0.4) is 0 Å². The molecule has 29 heavy (non-hydrogen) atoms. The fraction of sp³-hybridized carbons (Fsp3) is 0.312. The molecule has 0 saturated carbocycles. The zero-order valence-corrected chi connectivity index (χ0v) is 17.4. The number of rotatable bonds is 4. The molecule has 2 saturated heterocycles. The van der Waals surface area contributed by atoms with Gasteiger partial charge < -0.3 is 5.32 Å². The molecule has 2 fully saturated rings. The van der Waals surface area contributed by atoms with Crippen LogP contribution >= 0.6 is 11.8 Å². The number of nitrogens with two attached hydrogens (primary N) is 1. The number of sulfone groups is 1. The Kier molecular flexibility index (Phi) is 5.85. The first-order valence-electron chi connectivity index (χ1n) is 8.35. The van der Waals surface area contributed by atoms with Crippen LogP contribution in [0.25, 0.3) is 0 Å². The van der Waals surface area contributed by atoms with E-state index in [2.05, 4.69) is 5.32 Å². The van der Waals surface area contributed by atoms with E-state index < -0.39 is 43.5 Å². The third-order valence-electron chi connectivity index (χ3n) is 4.37. The number of allylic oxidation sites excluding steroid dienone is 1. The lowest BCUT2D eigenvalue weighted by Crippen LogP contribution is -2.36. The minimum absolute atomic E-state index is 0.0666. The average Bonchev–Trinajstić information content (AvgIpc) is 2.89. The number of nitrogens with one attached hydrogen (secondary N) is 1. The van der Waals surface area contributed by atoms with Gasteiger partial charge in [0.2, 0.25) is 15.9 Å². The highest BCUT2D eigenvalue weighted by Crippen LogP contribution is 2.36. The molecule has 3 rings (SSSR count). The summed E-state index contributed by atoms with van der Waals surface area (Å²) in [5.74, 6) is -1.40. The van der Waals surface area contributed by atoms with E-state index in [1.165, 1.54) is 24.3 Å². The fourth-order valence-corrected chi connectivity index (χ4v) is 5.65. The van der Waals surface area contributed by atoms with Crippen LogP contribution in [0.1, 0.15) is 12.8 Å². The summed E-state index contributed by atoms with van der Waals surface area (Å²) in [6.07, 6.45) is 0.389. The quantitative estimate of drug-likeness (QED) is 0.613. The van der Waals surface area contributed by atoms with Gasteiger partial charge in [0, 0.05) is 5.69 Å². The highest BCUT2D eigenvalue weighted by molar-refractivity contribution is 8.18. The van der Waals surface area contributed by atoms with Crippen molar-refractivity contribution in [3.63, 3.8) is 0 Å². The number of amides is 3. The molecule has 3 N–H and O–H groups in total. The lowest BCUT2D eigenvalue weighted by Gasteiger charge is -2.16. The highest BCUT2D eigenvalue weighted by atomic mass is 32.2. The van der Waals surface area contributed by atoms with Crippen molar-refractivity contribution in [2.45, 2.75) is 17.7 Å². The van der Waals surface area contributed by atoms with Crippen LogP contribution in [0, 0.1) is 0 Å². The molecule has 0 bridgehead atoms. The van der Waals surface area contributed by atoms with E-state index in [0.717, 1.165) is 4.90 Å². The van der Waals surface area contributed by atoms with Crippen LogP contribution in [0.4, 0.5) is 10.5 Å². The van der Waals surface area contributed by atoms with Crippen LogP contribution in [0.15, 0.2) is 39.6 Å². The molecule has 0 radical (unpaired) electrons. The summed E-state index contributed by atoms with van der Waals surface area (Å²) in [7, 11) is -6.98. The van der Waals surface area contributed by atoms with E-state index in [1.54, 1.807) is 0 Å². The van der Waals surface area contributed by atoms with Gasteiger partial charge in [-0.25, -0.2) is 22.0 Å². The first-order valence-corrected chi connectivity index (χ1v) is 12.5. The Labute approximate surface area is 171 Å². The average molecular weight is 460 g/mol. The van der Waals surface area contributed by atoms with Gasteiger partial charge in [0.1, 0.15) is 6.54 Å². The summed E-state index contributed by atoms with van der Waals surface area (Å²) in [6, 6.07) is 5.09. The summed E-state index contributed by atoms with van der Waals surface area (Å²) < 4.78 is 45.5. The summed E-state index contributed by atoms with van der Waals surface area (Å²) in [6.45, 7) is -0.517. The SMILES string of the molecule is NS(=O)(=O)c1ccc(NC(=O)CN2C(=O)SC(=C3CCS(=O)(=O)CC3)C2=O)cc1. The molecule has 3 amide bonds. The number of imide groups is 1. The van der Waals surface area contributed by atoms with Crippen molar-refractivity contribution >= 4 is 54.4 Å². The van der Waals surface area contributed by atoms with Gasteiger partial charge in [0.15, 0.2) is 9.84 Å². The number of carbonyl (C=O) groups excluding carboxylic acids is 3. The summed E-state index contributed by atoms with van der Waals surface area (Å²) in [5.41, 5.74) is 0.884. The van der Waals surface area contributed by atoms with Crippen molar-refractivity contribution in [1.82, 2.24) is 4.90 Å². The van der Waals surface area contributed by atoms with Crippen LogP contribution in [0.5, 0.6) is 0 Å². The second kappa shape index (κ2) is 7.89. The van der Waals surface area contributed by atoms with E-state index in [1.807, 2.05) is 0 Å². The van der Waals surface area contributed by atoms with Crippen molar-refractivity contribution in [1.29, 1.82) is 0 Å². The summed E-state index contributed by atoms with van der Waals surface area (Å²) in [4.78, 5) is 37.8. The standard InChI is InChI=1S/C16H17N3O7S3/c17-29(25,26)12-3-1-11(2-4-12)18-13(20)9-19-15(21)14(27-16(19)22)10-5-7-28(23,24)8-6-10/h1-4H,5-9H2,(H,18,20)(H2,17,25,26). The van der Waals surface area contributed by atoms with Gasteiger partial charge in [0.25, 0.3) is 11.1 Å². The number of nitrogens with zero attached hydrogens (tertiary/aromatic N) is 1. The van der Waals surface area contributed by atoms with Gasteiger partial charge in [-0.05, 0) is 54.4 Å². The van der Waals surface area contributed by atoms with Crippen LogP contribution < -0.4 is 10.5 Å². The maximum atomic E-state index is 12.5. The van der Waals surface area contributed by atoms with Crippen molar-refractivity contribution in [3.05, 3.63) is 34.7 Å². The number of carbonyl (C=O) groups is 3. The van der Waals surface area contributed by atoms with Gasteiger partial charge >= 0.3 is 0 Å². The molecule has 0 atom stereocenters. The highest BCUT2D eigenvalue weighted by Gasteiger charge is 2.39. The Morgan fingerprint density at radius 3 is 2.28 bits per heavy atom. The molecule has 0 spiro atoms. The first-order chi connectivity index (χ1) is 13.5. The first kappa shape index (κ1) is 21.5. The number of sulfonamides is 1. The molecule has 10 nitrogen and oxygen atoms in total. The van der Waals surface area contributed by atoms with Crippen molar-refractivity contribution in [3.8, 4) is 0 Å². The van der Waals surface area contributed by atoms with Crippen LogP contribution in [-0.2, 0) is 29.4 Å². The molecule has 0 aromatic heterocycles. The molecule has 2 aliphatic rings. The second-order valence-electron chi connectivity index (χ2n) is 6.46. The summed E-state index contributed by atoms with van der Waals surface area (Å²) >= 11 is 0.703. The smallest absolute Gasteiger partial charge is 0.294 e. The molecule has 1 aromatic carbocycles. The van der Waals surface area contributed by atoms with E-state index in [9.17, 15) is 31.2 Å². The zero-order chi connectivity index (χ0) is 21.4. The third kappa shape index (κ3) is 5.04. The Morgan fingerprint density at radius 2 is 1.72 bits per heavy atom. The van der Waals surface area contributed by atoms with Gasteiger partial charge in [-0.3, -0.25) is 19.3 Å². The van der Waals surface area contributed by atoms with Crippen molar-refractivity contribution < 1.29 is 31.2 Å². The number of primary sulfonamides is 1. The van der Waals surface area contributed by atoms with Gasteiger partial charge in [-0.1, -0.05) is 0 Å². The monoisotopic (exact) mass is 459 g/mol. The Morgan fingerprint density at radius 1 is 1.14 bits per heavy atom. The topological polar surface area (TPSA) is 161 Å².